The highest BCUT2D eigenvalue weighted by Crippen LogP contribution is 2.33. The van der Waals surface area contributed by atoms with E-state index in [0.29, 0.717) is 15.8 Å². The number of oxime groups is 1. The van der Waals surface area contributed by atoms with Gasteiger partial charge in [-0.05, 0) is 52.9 Å². The van der Waals surface area contributed by atoms with Crippen LogP contribution in [-0.4, -0.2) is 30.1 Å². The molecule has 2 rings (SSSR count). The Labute approximate surface area is 125 Å². The number of benzene rings is 1. The lowest BCUT2D eigenvalue weighted by Gasteiger charge is -2.17. The van der Waals surface area contributed by atoms with Crippen LogP contribution in [0.1, 0.15) is 23.2 Å². The third-order valence-corrected chi connectivity index (χ3v) is 3.85. The van der Waals surface area contributed by atoms with Crippen molar-refractivity contribution in [2.45, 2.75) is 18.9 Å². The first kappa shape index (κ1) is 14.6. The Morgan fingerprint density at radius 3 is 2.80 bits per heavy atom. The smallest absolute Gasteiger partial charge is 0.251 e. The molecule has 0 bridgehead atoms. The van der Waals surface area contributed by atoms with Gasteiger partial charge in [-0.1, -0.05) is 5.16 Å². The van der Waals surface area contributed by atoms with Gasteiger partial charge in [0.25, 0.3) is 5.91 Å². The lowest BCUT2D eigenvalue weighted by molar-refractivity contribution is 0.0943. The van der Waals surface area contributed by atoms with Gasteiger partial charge in [0.2, 0.25) is 0 Å². The zero-order valence-corrected chi connectivity index (χ0v) is 12.6. The van der Waals surface area contributed by atoms with Gasteiger partial charge in [0.05, 0.1) is 17.6 Å². The van der Waals surface area contributed by atoms with E-state index in [4.69, 9.17) is 15.7 Å². The second-order valence-corrected chi connectivity index (χ2v) is 5.52. The normalized spacial score (nSPS) is 16.6. The number of rotatable bonds is 5. The zero-order valence-electron chi connectivity index (χ0n) is 11.0. The van der Waals surface area contributed by atoms with Gasteiger partial charge in [0.15, 0.2) is 5.84 Å². The SMILES string of the molecule is COc1ccc(C(=O)NC(C(N)=NO)C2CC2)cc1Br. The number of nitrogens with two attached hydrogens (primary N) is 1. The van der Waals surface area contributed by atoms with Gasteiger partial charge in [-0.15, -0.1) is 0 Å². The number of nitrogens with zero attached hydrogens (tertiary/aromatic N) is 1. The fraction of sp³-hybridized carbons (Fsp3) is 0.385. The van der Waals surface area contributed by atoms with Crippen LogP contribution in [0.2, 0.25) is 0 Å². The van der Waals surface area contributed by atoms with Crippen molar-refractivity contribution in [2.75, 3.05) is 7.11 Å². The highest BCUT2D eigenvalue weighted by atomic mass is 79.9. The Morgan fingerprint density at radius 2 is 2.30 bits per heavy atom. The van der Waals surface area contributed by atoms with E-state index in [1.54, 1.807) is 25.3 Å². The molecule has 1 amide bonds. The summed E-state index contributed by atoms with van der Waals surface area (Å²) >= 11 is 3.33. The Kier molecular flexibility index (Phi) is 4.49. The van der Waals surface area contributed by atoms with Crippen molar-refractivity contribution in [2.24, 2.45) is 16.8 Å². The molecule has 1 aliphatic rings. The van der Waals surface area contributed by atoms with Gasteiger partial charge < -0.3 is 21.0 Å². The summed E-state index contributed by atoms with van der Waals surface area (Å²) in [5, 5.41) is 14.6. The number of carbonyl (C=O) groups excluding carboxylic acids is 1. The minimum absolute atomic E-state index is 0.0356. The molecule has 0 spiro atoms. The van der Waals surface area contributed by atoms with Crippen molar-refractivity contribution < 1.29 is 14.7 Å². The van der Waals surface area contributed by atoms with Crippen molar-refractivity contribution in [1.29, 1.82) is 0 Å². The van der Waals surface area contributed by atoms with Crippen LogP contribution in [0.25, 0.3) is 0 Å². The van der Waals surface area contributed by atoms with Crippen LogP contribution in [0.3, 0.4) is 0 Å². The molecule has 4 N–H and O–H groups in total. The molecule has 20 heavy (non-hydrogen) atoms. The summed E-state index contributed by atoms with van der Waals surface area (Å²) < 4.78 is 5.81. The van der Waals surface area contributed by atoms with Crippen molar-refractivity contribution in [3.05, 3.63) is 28.2 Å². The average Bonchev–Trinajstić information content (AvgIpc) is 3.28. The van der Waals surface area contributed by atoms with Crippen LogP contribution in [0.15, 0.2) is 27.8 Å². The van der Waals surface area contributed by atoms with Gasteiger partial charge in [0, 0.05) is 5.56 Å². The highest BCUT2D eigenvalue weighted by Gasteiger charge is 2.35. The summed E-state index contributed by atoms with van der Waals surface area (Å²) in [5.41, 5.74) is 6.10. The van der Waals surface area contributed by atoms with Crippen LogP contribution in [0.5, 0.6) is 5.75 Å². The molecular formula is C13H16BrN3O3. The molecule has 6 nitrogen and oxygen atoms in total. The third kappa shape index (κ3) is 3.22. The summed E-state index contributed by atoms with van der Waals surface area (Å²) in [6.45, 7) is 0. The Hall–Kier alpha value is -1.76. The zero-order chi connectivity index (χ0) is 14.7. The summed E-state index contributed by atoms with van der Waals surface area (Å²) in [4.78, 5) is 12.2. The van der Waals surface area contributed by atoms with Crippen LogP contribution < -0.4 is 15.8 Å². The van der Waals surface area contributed by atoms with Crippen LogP contribution in [-0.2, 0) is 0 Å². The molecule has 1 aromatic rings. The number of nitrogens with one attached hydrogen (secondary N) is 1. The average molecular weight is 342 g/mol. The van der Waals surface area contributed by atoms with Crippen LogP contribution >= 0.6 is 15.9 Å². The summed E-state index contributed by atoms with van der Waals surface area (Å²) in [7, 11) is 1.56. The van der Waals surface area contributed by atoms with E-state index >= 15 is 0 Å². The van der Waals surface area contributed by atoms with E-state index in [0.717, 1.165) is 12.8 Å². The molecule has 0 aromatic heterocycles. The van der Waals surface area contributed by atoms with E-state index in [-0.39, 0.29) is 17.7 Å². The van der Waals surface area contributed by atoms with E-state index in [1.807, 2.05) is 0 Å². The molecule has 0 heterocycles. The Bertz CT molecular complexity index is 544. The second-order valence-electron chi connectivity index (χ2n) is 4.66. The van der Waals surface area contributed by atoms with Crippen molar-refractivity contribution in [3.63, 3.8) is 0 Å². The first-order valence-corrected chi connectivity index (χ1v) is 6.98. The van der Waals surface area contributed by atoms with Gasteiger partial charge in [-0.3, -0.25) is 4.79 Å². The van der Waals surface area contributed by atoms with Gasteiger partial charge in [-0.25, -0.2) is 0 Å². The summed E-state index contributed by atoms with van der Waals surface area (Å²) in [6.07, 6.45) is 1.93. The molecule has 1 fully saturated rings. The quantitative estimate of drug-likeness (QED) is 0.328. The van der Waals surface area contributed by atoms with E-state index in [2.05, 4.69) is 26.4 Å². The van der Waals surface area contributed by atoms with Crippen molar-refractivity contribution in [3.8, 4) is 5.75 Å². The van der Waals surface area contributed by atoms with Gasteiger partial charge in [0.1, 0.15) is 5.75 Å². The molecular weight excluding hydrogens is 326 g/mol. The van der Waals surface area contributed by atoms with E-state index in [1.165, 1.54) is 0 Å². The highest BCUT2D eigenvalue weighted by molar-refractivity contribution is 9.10. The van der Waals surface area contributed by atoms with Gasteiger partial charge >= 0.3 is 0 Å². The topological polar surface area (TPSA) is 96.9 Å². The number of amidine groups is 1. The monoisotopic (exact) mass is 341 g/mol. The third-order valence-electron chi connectivity index (χ3n) is 3.23. The molecule has 1 saturated carbocycles. The predicted octanol–water partition coefficient (Wildman–Crippen LogP) is 1.71. The first-order chi connectivity index (χ1) is 9.56. The number of hydrogen-bond acceptors (Lipinski definition) is 4. The standard InChI is InChI=1S/C13H16BrN3O3/c1-20-10-5-4-8(6-9(10)14)13(18)16-11(7-2-3-7)12(15)17-19/h4-7,11,19H,2-3H2,1H3,(H2,15,17)(H,16,18). The second kappa shape index (κ2) is 6.13. The molecule has 1 aromatic carbocycles. The fourth-order valence-electron chi connectivity index (χ4n) is 1.96. The number of methoxy groups -OCH3 is 1. The number of halogens is 1. The molecule has 0 aliphatic heterocycles. The molecule has 1 aliphatic carbocycles. The van der Waals surface area contributed by atoms with Crippen LogP contribution in [0.4, 0.5) is 0 Å². The van der Waals surface area contributed by atoms with E-state index in [9.17, 15) is 4.79 Å². The Balaban J connectivity index is 2.12. The summed E-state index contributed by atoms with van der Waals surface area (Å²) in [5.74, 6) is 0.665. The number of ether oxygens (including phenoxy) is 1. The lowest BCUT2D eigenvalue weighted by atomic mass is 10.1. The number of amides is 1. The minimum atomic E-state index is -0.423. The van der Waals surface area contributed by atoms with Crippen molar-refractivity contribution in [1.82, 2.24) is 5.32 Å². The largest absolute Gasteiger partial charge is 0.496 e. The maximum absolute atomic E-state index is 12.2. The number of carbonyl (C=O) groups is 1. The van der Waals surface area contributed by atoms with Gasteiger partial charge in [-0.2, -0.15) is 0 Å². The number of hydrogen-bond donors (Lipinski definition) is 3. The first-order valence-electron chi connectivity index (χ1n) is 6.18. The summed E-state index contributed by atoms with van der Waals surface area (Å²) in [6, 6.07) is 4.61. The Morgan fingerprint density at radius 1 is 1.60 bits per heavy atom. The fourth-order valence-corrected chi connectivity index (χ4v) is 2.50. The molecule has 7 heteroatoms. The lowest BCUT2D eigenvalue weighted by Crippen LogP contribution is -2.46. The molecule has 1 atom stereocenters. The van der Waals surface area contributed by atoms with E-state index < -0.39 is 6.04 Å². The maximum Gasteiger partial charge on any atom is 0.251 e. The maximum atomic E-state index is 12.2. The molecule has 108 valence electrons. The van der Waals surface area contributed by atoms with Crippen LogP contribution in [0, 0.1) is 5.92 Å². The molecule has 0 radical (unpaired) electrons. The minimum Gasteiger partial charge on any atom is -0.496 e. The molecule has 1 unspecified atom stereocenters. The van der Waals surface area contributed by atoms with Crippen molar-refractivity contribution >= 4 is 27.7 Å². The predicted molar refractivity (Wildman–Crippen MR) is 78.1 cm³/mol. The molecule has 0 saturated heterocycles.